The van der Waals surface area contributed by atoms with Gasteiger partial charge in [0.1, 0.15) is 0 Å². The molecule has 2 N–H and O–H groups in total. The monoisotopic (exact) mass is 176 g/mol. The summed E-state index contributed by atoms with van der Waals surface area (Å²) in [6.45, 7) is 1.84. The molecule has 3 rings (SSSR count). The molecule has 0 aliphatic carbocycles. The van der Waals surface area contributed by atoms with Crippen LogP contribution in [0.1, 0.15) is 12.8 Å². The van der Waals surface area contributed by atoms with Gasteiger partial charge < -0.3 is 10.6 Å². The third-order valence-corrected chi connectivity index (χ3v) is 2.36. The second kappa shape index (κ2) is 3.41. The molecule has 2 bridgehead atoms. The molecule has 0 saturated carbocycles. The summed E-state index contributed by atoms with van der Waals surface area (Å²) < 4.78 is 0. The predicted molar refractivity (Wildman–Crippen MR) is 44.8 cm³/mol. The fraction of sp³-hybridized carbons (Fsp3) is 0.857. The summed E-state index contributed by atoms with van der Waals surface area (Å²) in [7, 11) is 0. The Kier molecular flexibility index (Phi) is 2.73. The van der Waals surface area contributed by atoms with Crippen molar-refractivity contribution in [2.75, 3.05) is 13.1 Å². The Morgan fingerprint density at radius 3 is 2.82 bits per heavy atom. The van der Waals surface area contributed by atoms with Gasteiger partial charge in [0.2, 0.25) is 5.91 Å². The number of rotatable bonds is 0. The van der Waals surface area contributed by atoms with Crippen LogP contribution in [0.15, 0.2) is 0 Å². The lowest BCUT2D eigenvalue weighted by Gasteiger charge is -2.22. The van der Waals surface area contributed by atoms with Gasteiger partial charge in [0.15, 0.2) is 0 Å². The summed E-state index contributed by atoms with van der Waals surface area (Å²) >= 11 is 0. The van der Waals surface area contributed by atoms with Crippen LogP contribution in [-0.2, 0) is 4.79 Å². The van der Waals surface area contributed by atoms with Crippen molar-refractivity contribution in [3.05, 3.63) is 0 Å². The van der Waals surface area contributed by atoms with Gasteiger partial charge >= 0.3 is 0 Å². The van der Waals surface area contributed by atoms with Crippen molar-refractivity contribution < 1.29 is 4.79 Å². The van der Waals surface area contributed by atoms with E-state index in [9.17, 15) is 4.79 Å². The number of halogens is 1. The molecule has 4 heteroatoms. The van der Waals surface area contributed by atoms with Crippen molar-refractivity contribution >= 4 is 18.3 Å². The van der Waals surface area contributed by atoms with Crippen molar-refractivity contribution in [3.8, 4) is 0 Å². The molecule has 64 valence electrons. The van der Waals surface area contributed by atoms with Gasteiger partial charge in [-0.2, -0.15) is 0 Å². The summed E-state index contributed by atoms with van der Waals surface area (Å²) in [4.78, 5) is 11.1. The van der Waals surface area contributed by atoms with Crippen LogP contribution in [0, 0.1) is 5.92 Å². The summed E-state index contributed by atoms with van der Waals surface area (Å²) in [6.07, 6.45) is 2.23. The van der Waals surface area contributed by atoms with Crippen LogP contribution in [0.4, 0.5) is 0 Å². The lowest BCUT2D eigenvalue weighted by molar-refractivity contribution is -0.126. The minimum absolute atomic E-state index is 0. The molecule has 2 atom stereocenters. The highest BCUT2D eigenvalue weighted by atomic mass is 35.5. The third-order valence-electron chi connectivity index (χ3n) is 2.36. The average molecular weight is 177 g/mol. The molecule has 3 saturated heterocycles. The maximum absolute atomic E-state index is 11.1. The number of hydrogen-bond acceptors (Lipinski definition) is 2. The second-order valence-electron chi connectivity index (χ2n) is 3.14. The van der Waals surface area contributed by atoms with Crippen LogP contribution >= 0.6 is 12.4 Å². The van der Waals surface area contributed by atoms with Crippen LogP contribution in [-0.4, -0.2) is 25.0 Å². The van der Waals surface area contributed by atoms with E-state index >= 15 is 0 Å². The van der Waals surface area contributed by atoms with Gasteiger partial charge in [0.25, 0.3) is 0 Å². The first-order valence-corrected chi connectivity index (χ1v) is 3.87. The number of hydrogen-bond donors (Lipinski definition) is 2. The Bertz CT molecular complexity index is 159. The summed E-state index contributed by atoms with van der Waals surface area (Å²) in [6, 6.07) is 0.409. The molecular weight excluding hydrogens is 164 g/mol. The van der Waals surface area contributed by atoms with Crippen molar-refractivity contribution in [1.29, 1.82) is 0 Å². The minimum atomic E-state index is 0. The smallest absolute Gasteiger partial charge is 0.224 e. The standard InChI is InChI=1S/C7H12N2O.ClH/c10-7-5-1-2-6(9-7)4-8-3-5;/h5-6,8H,1-4H2,(H,9,10);1H. The topological polar surface area (TPSA) is 41.1 Å². The minimum Gasteiger partial charge on any atom is -0.352 e. The van der Waals surface area contributed by atoms with E-state index in [-0.39, 0.29) is 24.2 Å². The molecular formula is C7H13ClN2O. The summed E-state index contributed by atoms with van der Waals surface area (Å²) in [5, 5.41) is 6.23. The Hall–Kier alpha value is -0.280. The first-order valence-electron chi connectivity index (χ1n) is 3.87. The SMILES string of the molecule is Cl.O=C1NC2CCC1CNC2. The Morgan fingerprint density at radius 1 is 1.27 bits per heavy atom. The maximum atomic E-state index is 11.1. The summed E-state index contributed by atoms with van der Waals surface area (Å²) in [5.41, 5.74) is 0. The zero-order chi connectivity index (χ0) is 6.97. The van der Waals surface area contributed by atoms with Crippen molar-refractivity contribution in [2.45, 2.75) is 18.9 Å². The van der Waals surface area contributed by atoms with Crippen molar-refractivity contribution in [3.63, 3.8) is 0 Å². The van der Waals surface area contributed by atoms with E-state index in [1.54, 1.807) is 0 Å². The van der Waals surface area contributed by atoms with Gasteiger partial charge in [-0.15, -0.1) is 12.4 Å². The largest absolute Gasteiger partial charge is 0.352 e. The Labute approximate surface area is 72.3 Å². The van der Waals surface area contributed by atoms with E-state index in [0.29, 0.717) is 6.04 Å². The van der Waals surface area contributed by atoms with Crippen LogP contribution < -0.4 is 10.6 Å². The van der Waals surface area contributed by atoms with Gasteiger partial charge in [0.05, 0.1) is 5.92 Å². The van der Waals surface area contributed by atoms with Crippen LogP contribution in [0.2, 0.25) is 0 Å². The molecule has 3 aliphatic heterocycles. The molecule has 0 radical (unpaired) electrons. The molecule has 0 aromatic carbocycles. The fourth-order valence-corrected chi connectivity index (χ4v) is 1.70. The van der Waals surface area contributed by atoms with E-state index in [0.717, 1.165) is 25.9 Å². The Balaban J connectivity index is 0.000000605. The van der Waals surface area contributed by atoms with Gasteiger partial charge in [-0.3, -0.25) is 4.79 Å². The predicted octanol–water partition coefficient (Wildman–Crippen LogP) is -0.0938. The maximum Gasteiger partial charge on any atom is 0.224 e. The van der Waals surface area contributed by atoms with E-state index in [1.165, 1.54) is 0 Å². The number of piperidine rings is 1. The number of carbonyl (C=O) groups is 1. The third kappa shape index (κ3) is 1.65. The first kappa shape index (κ1) is 8.81. The molecule has 0 aromatic rings. The average Bonchev–Trinajstić information content (AvgIpc) is 2.20. The van der Waals surface area contributed by atoms with E-state index in [1.807, 2.05) is 0 Å². The molecule has 3 aliphatic rings. The lowest BCUT2D eigenvalue weighted by atomic mass is 9.96. The molecule has 0 spiro atoms. The zero-order valence-electron chi connectivity index (χ0n) is 6.30. The normalized spacial score (nSPS) is 35.5. The molecule has 3 fully saturated rings. The zero-order valence-corrected chi connectivity index (χ0v) is 7.12. The quantitative estimate of drug-likeness (QED) is 0.542. The van der Waals surface area contributed by atoms with E-state index in [2.05, 4.69) is 10.6 Å². The van der Waals surface area contributed by atoms with Crippen LogP contribution in [0.3, 0.4) is 0 Å². The van der Waals surface area contributed by atoms with E-state index < -0.39 is 0 Å². The second-order valence-corrected chi connectivity index (χ2v) is 3.14. The van der Waals surface area contributed by atoms with Gasteiger partial charge in [-0.25, -0.2) is 0 Å². The number of nitrogens with one attached hydrogen (secondary N) is 2. The fourth-order valence-electron chi connectivity index (χ4n) is 1.70. The van der Waals surface area contributed by atoms with Crippen molar-refractivity contribution in [2.24, 2.45) is 5.92 Å². The molecule has 2 unspecified atom stereocenters. The lowest BCUT2D eigenvalue weighted by Crippen LogP contribution is -2.43. The molecule has 3 nitrogen and oxygen atoms in total. The van der Waals surface area contributed by atoms with Crippen LogP contribution in [0.5, 0.6) is 0 Å². The highest BCUT2D eigenvalue weighted by Gasteiger charge is 2.30. The highest BCUT2D eigenvalue weighted by Crippen LogP contribution is 2.17. The molecule has 0 aromatic heterocycles. The number of carbonyl (C=O) groups excluding carboxylic acids is 1. The first-order chi connectivity index (χ1) is 4.86. The molecule has 3 heterocycles. The molecule has 1 amide bonds. The van der Waals surface area contributed by atoms with Gasteiger partial charge in [-0.05, 0) is 12.8 Å². The van der Waals surface area contributed by atoms with Crippen LogP contribution in [0.25, 0.3) is 0 Å². The van der Waals surface area contributed by atoms with Crippen molar-refractivity contribution in [1.82, 2.24) is 10.6 Å². The van der Waals surface area contributed by atoms with Gasteiger partial charge in [-0.1, -0.05) is 0 Å². The van der Waals surface area contributed by atoms with E-state index in [4.69, 9.17) is 0 Å². The Morgan fingerprint density at radius 2 is 2.09 bits per heavy atom. The number of fused-ring (bicyclic) bond motifs is 4. The highest BCUT2D eigenvalue weighted by molar-refractivity contribution is 5.85. The summed E-state index contributed by atoms with van der Waals surface area (Å²) in [5.74, 6) is 0.500. The number of amides is 1. The van der Waals surface area contributed by atoms with Gasteiger partial charge in [0, 0.05) is 19.1 Å². The molecule has 11 heavy (non-hydrogen) atoms.